The lowest BCUT2D eigenvalue weighted by Gasteiger charge is -2.03. The van der Waals surface area contributed by atoms with Gasteiger partial charge in [0.2, 0.25) is 5.91 Å². The van der Waals surface area contributed by atoms with Crippen LogP contribution < -0.4 is 5.32 Å². The van der Waals surface area contributed by atoms with Gasteiger partial charge in [0.15, 0.2) is 5.58 Å². The van der Waals surface area contributed by atoms with Gasteiger partial charge in [0.1, 0.15) is 5.69 Å². The van der Waals surface area contributed by atoms with Crippen LogP contribution in [0.25, 0.3) is 11.0 Å². The van der Waals surface area contributed by atoms with Crippen LogP contribution in [0.4, 0.5) is 0 Å². The Morgan fingerprint density at radius 3 is 3.05 bits per heavy atom. The van der Waals surface area contributed by atoms with Crippen LogP contribution in [0, 0.1) is 0 Å². The van der Waals surface area contributed by atoms with Gasteiger partial charge in [-0.3, -0.25) is 4.79 Å². The summed E-state index contributed by atoms with van der Waals surface area (Å²) in [5, 5.41) is 16.3. The Labute approximate surface area is 121 Å². The molecule has 5 nitrogen and oxygen atoms in total. The largest absolute Gasteiger partial charge is 0.396 e. The lowest BCUT2D eigenvalue weighted by atomic mass is 10.2. The maximum absolute atomic E-state index is 11.8. The number of carbonyl (C=O) groups excluding carboxylic acids is 1. The van der Waals surface area contributed by atoms with E-state index < -0.39 is 0 Å². The Morgan fingerprint density at radius 2 is 2.20 bits per heavy atom. The number of hydrogen-bond acceptors (Lipinski definition) is 5. The van der Waals surface area contributed by atoms with Crippen molar-refractivity contribution in [2.75, 3.05) is 24.7 Å². The number of fused-ring (bicyclic) bond motifs is 1. The average molecular weight is 294 g/mol. The molecule has 20 heavy (non-hydrogen) atoms. The van der Waals surface area contributed by atoms with Gasteiger partial charge >= 0.3 is 0 Å². The molecule has 0 aliphatic rings. The second-order valence-corrected chi connectivity index (χ2v) is 5.57. The van der Waals surface area contributed by atoms with Gasteiger partial charge in [-0.2, -0.15) is 11.8 Å². The van der Waals surface area contributed by atoms with E-state index in [4.69, 9.17) is 9.63 Å². The summed E-state index contributed by atoms with van der Waals surface area (Å²) in [6.07, 6.45) is 1.03. The number of aliphatic hydroxyl groups is 1. The van der Waals surface area contributed by atoms with E-state index in [1.54, 1.807) is 11.8 Å². The third-order valence-corrected chi connectivity index (χ3v) is 3.87. The minimum absolute atomic E-state index is 0.0492. The van der Waals surface area contributed by atoms with Crippen molar-refractivity contribution in [3.63, 3.8) is 0 Å². The highest BCUT2D eigenvalue weighted by atomic mass is 32.2. The fraction of sp³-hybridized carbons (Fsp3) is 0.429. The first kappa shape index (κ1) is 14.9. The molecule has 0 saturated heterocycles. The van der Waals surface area contributed by atoms with E-state index in [2.05, 4.69) is 10.5 Å². The van der Waals surface area contributed by atoms with Crippen molar-refractivity contribution in [1.82, 2.24) is 10.5 Å². The molecule has 2 rings (SSSR count). The van der Waals surface area contributed by atoms with Crippen molar-refractivity contribution < 1.29 is 14.4 Å². The van der Waals surface area contributed by atoms with Crippen LogP contribution in [0.15, 0.2) is 28.8 Å². The Morgan fingerprint density at radius 1 is 1.35 bits per heavy atom. The van der Waals surface area contributed by atoms with Gasteiger partial charge in [-0.1, -0.05) is 17.3 Å². The monoisotopic (exact) mass is 294 g/mol. The van der Waals surface area contributed by atoms with Gasteiger partial charge in [-0.25, -0.2) is 0 Å². The van der Waals surface area contributed by atoms with Gasteiger partial charge in [0.05, 0.1) is 6.42 Å². The van der Waals surface area contributed by atoms with Crippen molar-refractivity contribution >= 4 is 28.6 Å². The number of para-hydroxylation sites is 1. The first-order valence-corrected chi connectivity index (χ1v) is 7.75. The molecule has 1 amide bonds. The summed E-state index contributed by atoms with van der Waals surface area (Å²) >= 11 is 1.72. The molecule has 0 spiro atoms. The number of carbonyl (C=O) groups is 1. The Balaban J connectivity index is 1.74. The van der Waals surface area contributed by atoms with Crippen LogP contribution in [0.3, 0.4) is 0 Å². The van der Waals surface area contributed by atoms with E-state index in [9.17, 15) is 4.79 Å². The summed E-state index contributed by atoms with van der Waals surface area (Å²) in [5.41, 5.74) is 1.38. The van der Waals surface area contributed by atoms with Crippen LogP contribution in [0.2, 0.25) is 0 Å². The number of amides is 1. The van der Waals surface area contributed by atoms with Gasteiger partial charge in [0, 0.05) is 24.3 Å². The summed E-state index contributed by atoms with van der Waals surface area (Å²) in [6, 6.07) is 7.51. The molecule has 6 heteroatoms. The molecule has 2 N–H and O–H groups in total. The minimum atomic E-state index is -0.0492. The number of benzene rings is 1. The Bertz CT molecular complexity index is 556. The molecule has 0 fully saturated rings. The molecule has 0 unspecified atom stereocenters. The predicted octanol–water partition coefficient (Wildman–Crippen LogP) is 1.60. The van der Waals surface area contributed by atoms with Crippen LogP contribution in [0.5, 0.6) is 0 Å². The molecule has 1 aromatic heterocycles. The zero-order valence-electron chi connectivity index (χ0n) is 11.2. The maximum atomic E-state index is 11.8. The molecule has 1 heterocycles. The molecular formula is C14H18N2O3S. The van der Waals surface area contributed by atoms with Gasteiger partial charge in [-0.05, 0) is 24.3 Å². The van der Waals surface area contributed by atoms with E-state index in [1.165, 1.54) is 0 Å². The summed E-state index contributed by atoms with van der Waals surface area (Å²) in [7, 11) is 0. The SMILES string of the molecule is O=C(Cc1noc2ccccc12)NCCSCCCO. The van der Waals surface area contributed by atoms with Crippen LogP contribution in [-0.2, 0) is 11.2 Å². The minimum Gasteiger partial charge on any atom is -0.396 e. The number of nitrogens with zero attached hydrogens (tertiary/aromatic N) is 1. The summed E-state index contributed by atoms with van der Waals surface area (Å²) < 4.78 is 5.16. The first-order chi connectivity index (χ1) is 9.81. The third-order valence-electron chi connectivity index (χ3n) is 2.80. The average Bonchev–Trinajstić information content (AvgIpc) is 2.86. The molecule has 0 atom stereocenters. The van der Waals surface area contributed by atoms with E-state index in [1.807, 2.05) is 24.3 Å². The quantitative estimate of drug-likeness (QED) is 0.723. The molecule has 0 aliphatic heterocycles. The maximum Gasteiger partial charge on any atom is 0.226 e. The van der Waals surface area contributed by atoms with E-state index in [0.717, 1.165) is 23.3 Å². The number of aromatic nitrogens is 1. The second-order valence-electron chi connectivity index (χ2n) is 4.34. The molecule has 0 radical (unpaired) electrons. The fourth-order valence-electron chi connectivity index (χ4n) is 1.81. The highest BCUT2D eigenvalue weighted by molar-refractivity contribution is 7.99. The standard InChI is InChI=1S/C14H18N2O3S/c17-7-3-8-20-9-6-15-14(18)10-12-11-4-1-2-5-13(11)19-16-12/h1-2,4-5,17H,3,6-10H2,(H,15,18). The highest BCUT2D eigenvalue weighted by Gasteiger charge is 2.11. The zero-order chi connectivity index (χ0) is 14.2. The molecule has 2 aromatic rings. The molecule has 0 saturated carbocycles. The van der Waals surface area contributed by atoms with Gasteiger partial charge in [-0.15, -0.1) is 0 Å². The van der Waals surface area contributed by atoms with Gasteiger partial charge < -0.3 is 14.9 Å². The van der Waals surface area contributed by atoms with Crippen LogP contribution in [-0.4, -0.2) is 40.8 Å². The molecule has 0 aliphatic carbocycles. The Kier molecular flexibility index (Phi) is 5.88. The predicted molar refractivity (Wildman–Crippen MR) is 79.8 cm³/mol. The van der Waals surface area contributed by atoms with E-state index in [0.29, 0.717) is 17.8 Å². The van der Waals surface area contributed by atoms with Crippen molar-refractivity contribution in [3.05, 3.63) is 30.0 Å². The molecule has 1 aromatic carbocycles. The number of aliphatic hydroxyl groups excluding tert-OH is 1. The van der Waals surface area contributed by atoms with E-state index in [-0.39, 0.29) is 18.9 Å². The normalized spacial score (nSPS) is 10.8. The van der Waals surface area contributed by atoms with E-state index >= 15 is 0 Å². The lowest BCUT2D eigenvalue weighted by Crippen LogP contribution is -2.27. The number of hydrogen-bond donors (Lipinski definition) is 2. The third kappa shape index (κ3) is 4.25. The molecular weight excluding hydrogens is 276 g/mol. The highest BCUT2D eigenvalue weighted by Crippen LogP contribution is 2.17. The number of thioether (sulfide) groups is 1. The summed E-state index contributed by atoms with van der Waals surface area (Å²) in [5.74, 6) is 1.72. The Hall–Kier alpha value is -1.53. The van der Waals surface area contributed by atoms with Crippen LogP contribution >= 0.6 is 11.8 Å². The van der Waals surface area contributed by atoms with Gasteiger partial charge in [0.25, 0.3) is 0 Å². The first-order valence-electron chi connectivity index (χ1n) is 6.60. The van der Waals surface area contributed by atoms with Crippen molar-refractivity contribution in [1.29, 1.82) is 0 Å². The van der Waals surface area contributed by atoms with Crippen molar-refractivity contribution in [2.24, 2.45) is 0 Å². The topological polar surface area (TPSA) is 75.4 Å². The smallest absolute Gasteiger partial charge is 0.226 e. The number of rotatable bonds is 8. The molecule has 0 bridgehead atoms. The lowest BCUT2D eigenvalue weighted by molar-refractivity contribution is -0.120. The van der Waals surface area contributed by atoms with Crippen LogP contribution in [0.1, 0.15) is 12.1 Å². The summed E-state index contributed by atoms with van der Waals surface area (Å²) in [6.45, 7) is 0.851. The number of nitrogens with one attached hydrogen (secondary N) is 1. The van der Waals surface area contributed by atoms with Crippen molar-refractivity contribution in [2.45, 2.75) is 12.8 Å². The summed E-state index contributed by atoms with van der Waals surface area (Å²) in [4.78, 5) is 11.8. The van der Waals surface area contributed by atoms with Crippen molar-refractivity contribution in [3.8, 4) is 0 Å². The zero-order valence-corrected chi connectivity index (χ0v) is 12.0. The second kappa shape index (κ2) is 7.91. The molecule has 108 valence electrons. The fourth-order valence-corrected chi connectivity index (χ4v) is 2.60.